The van der Waals surface area contributed by atoms with Crippen molar-refractivity contribution < 1.29 is 9.53 Å². The van der Waals surface area contributed by atoms with Crippen LogP contribution in [0.3, 0.4) is 0 Å². The summed E-state index contributed by atoms with van der Waals surface area (Å²) in [5.41, 5.74) is 2.52. The van der Waals surface area contributed by atoms with E-state index in [-0.39, 0.29) is 0 Å². The predicted octanol–water partition coefficient (Wildman–Crippen LogP) is 4.57. The highest BCUT2D eigenvalue weighted by Crippen LogP contribution is 2.25. The van der Waals surface area contributed by atoms with Gasteiger partial charge in [0.05, 0.1) is 0 Å². The maximum absolute atomic E-state index is 11.8. The highest BCUT2D eigenvalue weighted by molar-refractivity contribution is 6.30. The van der Waals surface area contributed by atoms with Crippen LogP contribution in [0.15, 0.2) is 42.5 Å². The van der Waals surface area contributed by atoms with Gasteiger partial charge in [0.15, 0.2) is 0 Å². The zero-order valence-electron chi connectivity index (χ0n) is 10.7. The summed E-state index contributed by atoms with van der Waals surface area (Å²) in [6.07, 6.45) is -0.514. The molecule has 98 valence electrons. The second kappa shape index (κ2) is 5.76. The van der Waals surface area contributed by atoms with Crippen LogP contribution in [0.2, 0.25) is 5.02 Å². The molecule has 4 heteroatoms. The third kappa shape index (κ3) is 3.48. The number of rotatable bonds is 2. The molecule has 0 radical (unpaired) electrons. The molecule has 0 aliphatic heterocycles. The summed E-state index contributed by atoms with van der Waals surface area (Å²) in [7, 11) is 0. The predicted molar refractivity (Wildman–Crippen MR) is 77.0 cm³/mol. The van der Waals surface area contributed by atoms with Gasteiger partial charge >= 0.3 is 6.09 Å². The molecule has 1 amide bonds. The Morgan fingerprint density at radius 1 is 1.11 bits per heavy atom. The topological polar surface area (TPSA) is 38.3 Å². The summed E-state index contributed by atoms with van der Waals surface area (Å²) in [5.74, 6) is 0.504. The van der Waals surface area contributed by atoms with Crippen LogP contribution in [0.5, 0.6) is 5.75 Å². The molecule has 0 aliphatic carbocycles. The third-order valence-electron chi connectivity index (χ3n) is 2.68. The molecule has 19 heavy (non-hydrogen) atoms. The fourth-order valence-corrected chi connectivity index (χ4v) is 2.16. The van der Waals surface area contributed by atoms with E-state index < -0.39 is 6.09 Å². The van der Waals surface area contributed by atoms with Crippen molar-refractivity contribution in [2.45, 2.75) is 13.8 Å². The molecule has 2 rings (SSSR count). The number of amides is 1. The molecule has 0 spiro atoms. The molecule has 0 unspecified atom stereocenters. The van der Waals surface area contributed by atoms with Crippen LogP contribution >= 0.6 is 11.6 Å². The van der Waals surface area contributed by atoms with Crippen molar-refractivity contribution >= 4 is 23.4 Å². The normalized spacial score (nSPS) is 10.1. The number of para-hydroxylation sites is 1. The molecule has 0 saturated carbocycles. The second-order valence-corrected chi connectivity index (χ2v) is 4.68. The van der Waals surface area contributed by atoms with Crippen molar-refractivity contribution in [2.24, 2.45) is 0 Å². The molecule has 0 aromatic heterocycles. The maximum Gasteiger partial charge on any atom is 0.417 e. The van der Waals surface area contributed by atoms with Gasteiger partial charge in [-0.2, -0.15) is 0 Å². The molecule has 0 saturated heterocycles. The summed E-state index contributed by atoms with van der Waals surface area (Å²) in [6, 6.07) is 12.5. The zero-order valence-corrected chi connectivity index (χ0v) is 11.5. The SMILES string of the molecule is Cc1cc(Cl)cc(C)c1NC(=O)Oc1ccccc1. The molecule has 0 aliphatic rings. The number of hydrogen-bond donors (Lipinski definition) is 1. The Morgan fingerprint density at radius 3 is 2.26 bits per heavy atom. The third-order valence-corrected chi connectivity index (χ3v) is 2.90. The number of halogens is 1. The van der Waals surface area contributed by atoms with Gasteiger partial charge in [-0.3, -0.25) is 5.32 Å². The van der Waals surface area contributed by atoms with Crippen molar-refractivity contribution in [1.82, 2.24) is 0 Å². The number of aryl methyl sites for hydroxylation is 2. The number of hydrogen-bond acceptors (Lipinski definition) is 2. The van der Waals surface area contributed by atoms with Gasteiger partial charge in [-0.25, -0.2) is 4.79 Å². The van der Waals surface area contributed by atoms with Gasteiger partial charge in [0.25, 0.3) is 0 Å². The summed E-state index contributed by atoms with van der Waals surface area (Å²) in [4.78, 5) is 11.8. The Kier molecular flexibility index (Phi) is 4.07. The Morgan fingerprint density at radius 2 is 1.68 bits per heavy atom. The highest BCUT2D eigenvalue weighted by Gasteiger charge is 2.10. The minimum atomic E-state index is -0.514. The van der Waals surface area contributed by atoms with Gasteiger partial charge in [-0.15, -0.1) is 0 Å². The van der Waals surface area contributed by atoms with Crippen LogP contribution in [0, 0.1) is 13.8 Å². The van der Waals surface area contributed by atoms with E-state index in [0.717, 1.165) is 16.8 Å². The van der Waals surface area contributed by atoms with E-state index in [2.05, 4.69) is 5.32 Å². The van der Waals surface area contributed by atoms with Gasteiger partial charge in [-0.1, -0.05) is 29.8 Å². The monoisotopic (exact) mass is 275 g/mol. The van der Waals surface area contributed by atoms with Gasteiger partial charge < -0.3 is 4.74 Å². The second-order valence-electron chi connectivity index (χ2n) is 4.24. The number of anilines is 1. The lowest BCUT2D eigenvalue weighted by molar-refractivity contribution is 0.215. The maximum atomic E-state index is 11.8. The Balaban J connectivity index is 2.12. The molecule has 0 atom stereocenters. The molecular formula is C15H14ClNO2. The Bertz CT molecular complexity index is 573. The van der Waals surface area contributed by atoms with Crippen LogP contribution < -0.4 is 10.1 Å². The standard InChI is InChI=1S/C15H14ClNO2/c1-10-8-12(16)9-11(2)14(10)17-15(18)19-13-6-4-3-5-7-13/h3-9H,1-2H3,(H,17,18). The minimum absolute atomic E-state index is 0.504. The van der Waals surface area contributed by atoms with E-state index in [0.29, 0.717) is 10.8 Å². The quantitative estimate of drug-likeness (QED) is 0.872. The van der Waals surface area contributed by atoms with Crippen molar-refractivity contribution in [2.75, 3.05) is 5.32 Å². The van der Waals surface area contributed by atoms with Gasteiger partial charge in [-0.05, 0) is 49.2 Å². The van der Waals surface area contributed by atoms with Gasteiger partial charge in [0.1, 0.15) is 5.75 Å². The fourth-order valence-electron chi connectivity index (χ4n) is 1.83. The average Bonchev–Trinajstić information content (AvgIpc) is 2.35. The Labute approximate surface area is 117 Å². The molecular weight excluding hydrogens is 262 g/mol. The largest absolute Gasteiger partial charge is 0.417 e. The molecule has 0 heterocycles. The van der Waals surface area contributed by atoms with Gasteiger partial charge in [0, 0.05) is 10.7 Å². The molecule has 1 N–H and O–H groups in total. The number of carbonyl (C=O) groups excluding carboxylic acids is 1. The van der Waals surface area contributed by atoms with Crippen LogP contribution in [-0.4, -0.2) is 6.09 Å². The van der Waals surface area contributed by atoms with Crippen molar-refractivity contribution in [3.05, 3.63) is 58.6 Å². The smallest absolute Gasteiger partial charge is 0.410 e. The Hall–Kier alpha value is -2.00. The van der Waals surface area contributed by atoms with E-state index in [9.17, 15) is 4.79 Å². The van der Waals surface area contributed by atoms with E-state index in [1.807, 2.05) is 19.9 Å². The fraction of sp³-hybridized carbons (Fsp3) is 0.133. The molecule has 2 aromatic carbocycles. The lowest BCUT2D eigenvalue weighted by atomic mass is 10.1. The molecule has 0 fully saturated rings. The number of nitrogens with one attached hydrogen (secondary N) is 1. The van der Waals surface area contributed by atoms with Gasteiger partial charge in [0.2, 0.25) is 0 Å². The van der Waals surface area contributed by atoms with Crippen LogP contribution in [-0.2, 0) is 0 Å². The summed E-state index contributed by atoms with van der Waals surface area (Å²) in [5, 5.41) is 3.38. The number of ether oxygens (including phenoxy) is 1. The molecule has 2 aromatic rings. The highest BCUT2D eigenvalue weighted by atomic mass is 35.5. The first-order valence-corrected chi connectivity index (χ1v) is 6.24. The van der Waals surface area contributed by atoms with Crippen LogP contribution in [0.25, 0.3) is 0 Å². The lowest BCUT2D eigenvalue weighted by Gasteiger charge is -2.12. The van der Waals surface area contributed by atoms with Crippen molar-refractivity contribution in [3.63, 3.8) is 0 Å². The zero-order chi connectivity index (χ0) is 13.8. The van der Waals surface area contributed by atoms with Crippen molar-refractivity contribution in [3.8, 4) is 5.75 Å². The first-order chi connectivity index (χ1) is 9.06. The van der Waals surface area contributed by atoms with E-state index >= 15 is 0 Å². The first kappa shape index (κ1) is 13.4. The van der Waals surface area contributed by atoms with E-state index in [4.69, 9.17) is 16.3 Å². The van der Waals surface area contributed by atoms with Crippen LogP contribution in [0.4, 0.5) is 10.5 Å². The molecule has 0 bridgehead atoms. The summed E-state index contributed by atoms with van der Waals surface area (Å²) >= 11 is 5.94. The number of carbonyl (C=O) groups is 1. The van der Waals surface area contributed by atoms with Crippen molar-refractivity contribution in [1.29, 1.82) is 0 Å². The number of benzene rings is 2. The summed E-state index contributed by atoms with van der Waals surface area (Å²) < 4.78 is 5.18. The van der Waals surface area contributed by atoms with E-state index in [1.165, 1.54) is 0 Å². The first-order valence-electron chi connectivity index (χ1n) is 5.87. The summed E-state index contributed by atoms with van der Waals surface area (Å²) in [6.45, 7) is 3.77. The van der Waals surface area contributed by atoms with Crippen LogP contribution in [0.1, 0.15) is 11.1 Å². The minimum Gasteiger partial charge on any atom is -0.410 e. The van der Waals surface area contributed by atoms with E-state index in [1.54, 1.807) is 36.4 Å². The molecule has 3 nitrogen and oxygen atoms in total. The average molecular weight is 276 g/mol. The lowest BCUT2D eigenvalue weighted by Crippen LogP contribution is -2.18.